The molecule has 4 aromatic carbocycles. The smallest absolute Gasteiger partial charge is 0.387 e. The SMILES string of the molecule is C[S@@](=N)(=O)c1ccc(-c2ccc3nc4c(n3c2)[C@@H](c2cc(Cl)ccc2OC(F)F)C[C@H]4O)cc1.C[S@](=N)(=O)c1ccc(-c2ccc3nc4c(n3c2)[C@@H](c2cc(Cl)ccc2OC(F)F)C[C@H]4O)cc1. The number of fused-ring (bicyclic) bond motifs is 6. The molecule has 8 aromatic rings. The van der Waals surface area contributed by atoms with Crippen LogP contribution < -0.4 is 9.47 Å². The Hall–Kier alpha value is -6.02. The van der Waals surface area contributed by atoms with E-state index in [4.69, 9.17) is 42.2 Å². The number of nitrogens with one attached hydrogen (secondary N) is 2. The molecular formula is C48H40Cl2F4N6O6S2. The molecule has 0 saturated carbocycles. The van der Waals surface area contributed by atoms with Gasteiger partial charge in [-0.3, -0.25) is 0 Å². The second-order valence-electron chi connectivity index (χ2n) is 16.5. The molecule has 10 rings (SSSR count). The van der Waals surface area contributed by atoms with E-state index in [1.54, 1.807) is 60.7 Å². The number of aliphatic hydroxyl groups excluding tert-OH is 2. The van der Waals surface area contributed by atoms with Crippen LogP contribution in [0, 0.1) is 9.56 Å². The third-order valence-corrected chi connectivity index (χ3v) is 14.8. The lowest BCUT2D eigenvalue weighted by atomic mass is 9.95. The van der Waals surface area contributed by atoms with Gasteiger partial charge in [-0.25, -0.2) is 27.9 Å². The summed E-state index contributed by atoms with van der Waals surface area (Å²) in [6, 6.07) is 30.2. The zero-order chi connectivity index (χ0) is 48.4. The molecule has 20 heteroatoms. The van der Waals surface area contributed by atoms with Gasteiger partial charge in [0.2, 0.25) is 0 Å². The summed E-state index contributed by atoms with van der Waals surface area (Å²) in [5, 5.41) is 22.2. The van der Waals surface area contributed by atoms with Gasteiger partial charge in [0, 0.05) is 67.7 Å². The predicted molar refractivity (Wildman–Crippen MR) is 250 cm³/mol. The topological polar surface area (TPSA) is 175 Å². The Morgan fingerprint density at radius 1 is 0.588 bits per heavy atom. The molecule has 0 unspecified atom stereocenters. The number of rotatable bonds is 10. The molecule has 4 N–H and O–H groups in total. The van der Waals surface area contributed by atoms with E-state index in [2.05, 4.69) is 9.97 Å². The van der Waals surface area contributed by atoms with Crippen LogP contribution in [0.5, 0.6) is 11.5 Å². The van der Waals surface area contributed by atoms with Crippen LogP contribution in [0.15, 0.2) is 131 Å². The van der Waals surface area contributed by atoms with Crippen LogP contribution >= 0.6 is 23.2 Å². The fraction of sp³-hybridized carbons (Fsp3) is 0.208. The van der Waals surface area contributed by atoms with Gasteiger partial charge in [-0.15, -0.1) is 0 Å². The summed E-state index contributed by atoms with van der Waals surface area (Å²) in [5.41, 5.74) is 7.82. The normalized spacial score (nSPS) is 19.4. The van der Waals surface area contributed by atoms with Gasteiger partial charge >= 0.3 is 13.2 Å². The minimum absolute atomic E-state index is 0.00435. The second kappa shape index (κ2) is 18.1. The molecule has 0 fully saturated rings. The number of hydrogen-bond acceptors (Lipinski definition) is 10. The van der Waals surface area contributed by atoms with Gasteiger partial charge in [0.15, 0.2) is 0 Å². The molecule has 352 valence electrons. The number of nitrogens with zero attached hydrogens (tertiary/aromatic N) is 4. The highest BCUT2D eigenvalue weighted by molar-refractivity contribution is 7.92. The number of hydrogen-bond donors (Lipinski definition) is 4. The standard InChI is InChI=1S/2C24H20ClF2N3O3S/c2*1-34(28,32)16-6-2-13(3-7-16)14-4-9-21-29-22-19(31)11-18(23(22)30(21)12-14)17-10-15(25)5-8-20(17)33-24(26)27/h2*2-10,12,18-19,24,28,31H,11H2,1H3/t18-,19-,34+;18-,19-,34-/m11/s1. The molecule has 0 saturated heterocycles. The molecule has 0 bridgehead atoms. The molecule has 0 spiro atoms. The van der Waals surface area contributed by atoms with Gasteiger partial charge < -0.3 is 28.5 Å². The van der Waals surface area contributed by atoms with E-state index in [-0.39, 0.29) is 24.3 Å². The lowest BCUT2D eigenvalue weighted by Gasteiger charge is -2.18. The van der Waals surface area contributed by atoms with Crippen molar-refractivity contribution in [2.45, 2.75) is 59.9 Å². The van der Waals surface area contributed by atoms with Gasteiger partial charge in [0.1, 0.15) is 22.8 Å². The van der Waals surface area contributed by atoms with Gasteiger partial charge in [0.05, 0.1) is 54.4 Å². The highest BCUT2D eigenvalue weighted by Gasteiger charge is 2.39. The number of benzene rings is 4. The number of halogens is 6. The van der Waals surface area contributed by atoms with Crippen molar-refractivity contribution in [3.63, 3.8) is 0 Å². The monoisotopic (exact) mass is 1010 g/mol. The summed E-state index contributed by atoms with van der Waals surface area (Å²) in [6.07, 6.45) is 5.26. The second-order valence-corrected chi connectivity index (χ2v) is 21.7. The Labute approximate surface area is 397 Å². The van der Waals surface area contributed by atoms with Crippen LogP contribution in [-0.4, -0.2) is 63.1 Å². The first-order valence-corrected chi connectivity index (χ1v) is 25.5. The number of pyridine rings is 2. The van der Waals surface area contributed by atoms with Crippen molar-refractivity contribution in [1.82, 2.24) is 18.8 Å². The van der Waals surface area contributed by atoms with E-state index in [1.165, 1.54) is 36.8 Å². The van der Waals surface area contributed by atoms with Crippen LogP contribution in [0.3, 0.4) is 0 Å². The summed E-state index contributed by atoms with van der Waals surface area (Å²) in [5.74, 6) is -0.911. The third-order valence-electron chi connectivity index (χ3n) is 12.0. The summed E-state index contributed by atoms with van der Waals surface area (Å²) in [4.78, 5) is 10.0. The molecule has 0 amide bonds. The maximum atomic E-state index is 13.0. The van der Waals surface area contributed by atoms with E-state index >= 15 is 0 Å². The maximum Gasteiger partial charge on any atom is 0.387 e. The molecule has 2 aliphatic rings. The molecule has 12 nitrogen and oxygen atoms in total. The van der Waals surface area contributed by atoms with Crippen LogP contribution in [0.2, 0.25) is 10.0 Å². The minimum Gasteiger partial charge on any atom is -0.435 e. The Morgan fingerprint density at radius 3 is 1.28 bits per heavy atom. The van der Waals surface area contributed by atoms with Crippen molar-refractivity contribution >= 4 is 54.0 Å². The highest BCUT2D eigenvalue weighted by atomic mass is 35.5. The number of aromatic nitrogens is 4. The molecule has 68 heavy (non-hydrogen) atoms. The van der Waals surface area contributed by atoms with Gasteiger partial charge in [-0.2, -0.15) is 17.6 Å². The average molecular weight is 1010 g/mol. The highest BCUT2D eigenvalue weighted by Crippen LogP contribution is 2.49. The van der Waals surface area contributed by atoms with Gasteiger partial charge in [0.25, 0.3) is 0 Å². The average Bonchev–Trinajstić information content (AvgIpc) is 4.04. The number of ether oxygens (including phenoxy) is 2. The Kier molecular flexibility index (Phi) is 12.6. The fourth-order valence-corrected chi connectivity index (χ4v) is 10.6. The molecule has 0 radical (unpaired) electrons. The van der Waals surface area contributed by atoms with Crippen LogP contribution in [-0.2, 0) is 19.5 Å². The predicted octanol–water partition coefficient (Wildman–Crippen LogP) is 11.7. The zero-order valence-corrected chi connectivity index (χ0v) is 39.0. The molecule has 6 atom stereocenters. The Bertz CT molecular complexity index is 3240. The van der Waals surface area contributed by atoms with Crippen molar-refractivity contribution in [3.8, 4) is 33.8 Å². The maximum absolute atomic E-state index is 13.0. The van der Waals surface area contributed by atoms with E-state index in [1.807, 2.05) is 45.5 Å². The largest absolute Gasteiger partial charge is 0.435 e. The molecule has 0 aliphatic heterocycles. The van der Waals surface area contributed by atoms with Gasteiger partial charge in [-0.1, -0.05) is 47.5 Å². The Morgan fingerprint density at radius 2 is 0.941 bits per heavy atom. The lowest BCUT2D eigenvalue weighted by molar-refractivity contribution is -0.0512. The summed E-state index contributed by atoms with van der Waals surface area (Å²) in [7, 11) is -5.63. The number of alkyl halides is 4. The minimum atomic E-state index is -3.00. The quantitative estimate of drug-likeness (QED) is 0.0979. The van der Waals surface area contributed by atoms with Gasteiger partial charge in [-0.05, 0) is 120 Å². The summed E-state index contributed by atoms with van der Waals surface area (Å²) < 4.78 is 105. The first kappa shape index (κ1) is 47.1. The molecule has 4 heterocycles. The lowest BCUT2D eigenvalue weighted by Crippen LogP contribution is -2.08. The van der Waals surface area contributed by atoms with Crippen molar-refractivity contribution in [3.05, 3.63) is 166 Å². The molecule has 4 aromatic heterocycles. The van der Waals surface area contributed by atoms with E-state index < -0.39 is 56.7 Å². The van der Waals surface area contributed by atoms with E-state index in [0.717, 1.165) is 22.3 Å². The first-order valence-electron chi connectivity index (χ1n) is 20.8. The number of imidazole rings is 2. The fourth-order valence-electron chi connectivity index (χ4n) is 8.93. The van der Waals surface area contributed by atoms with Crippen molar-refractivity contribution in [2.24, 2.45) is 0 Å². The number of aliphatic hydroxyl groups is 2. The first-order chi connectivity index (χ1) is 32.2. The van der Waals surface area contributed by atoms with E-state index in [0.29, 0.717) is 65.0 Å². The van der Waals surface area contributed by atoms with E-state index in [9.17, 15) is 36.2 Å². The van der Waals surface area contributed by atoms with Crippen LogP contribution in [0.1, 0.15) is 70.8 Å². The Balaban J connectivity index is 0.000000170. The third kappa shape index (κ3) is 9.28. The summed E-state index contributed by atoms with van der Waals surface area (Å²) >= 11 is 12.4. The van der Waals surface area contributed by atoms with Crippen molar-refractivity contribution < 1.29 is 45.7 Å². The zero-order valence-electron chi connectivity index (χ0n) is 35.8. The molecule has 2 aliphatic carbocycles. The molecular weight excluding hydrogens is 968 g/mol. The van der Waals surface area contributed by atoms with Crippen molar-refractivity contribution in [1.29, 1.82) is 9.56 Å². The summed E-state index contributed by atoms with van der Waals surface area (Å²) in [6.45, 7) is -5.99. The van der Waals surface area contributed by atoms with Crippen molar-refractivity contribution in [2.75, 3.05) is 12.5 Å². The van der Waals surface area contributed by atoms with Crippen LogP contribution in [0.25, 0.3) is 33.5 Å². The van der Waals surface area contributed by atoms with Crippen LogP contribution in [0.4, 0.5) is 17.6 Å².